The molecule has 0 fully saturated rings. The molecule has 1 aromatic heterocycles. The molecule has 0 spiro atoms. The molecule has 0 aliphatic carbocycles. The second kappa shape index (κ2) is 9.64. The standard InChI is InChI=1S/C25H25N3O5S/c1-14(2)33-25(31)17-5-8-19(9-6-17)27-22(29)12-28-20-11-18(24-15(3)34-16(4)26-24)7-10-21(20)32-13-23(28)30/h5-11,14H,12-13H2,1-4H3,(H,27,29). The van der Waals surface area contributed by atoms with Crippen LogP contribution in [0.15, 0.2) is 42.5 Å². The van der Waals surface area contributed by atoms with Crippen molar-refractivity contribution in [2.24, 2.45) is 0 Å². The normalized spacial score (nSPS) is 12.9. The van der Waals surface area contributed by atoms with Crippen LogP contribution in [-0.4, -0.2) is 42.0 Å². The summed E-state index contributed by atoms with van der Waals surface area (Å²) in [6, 6.07) is 11.9. The molecular weight excluding hydrogens is 454 g/mol. The van der Waals surface area contributed by atoms with Gasteiger partial charge in [-0.15, -0.1) is 11.3 Å². The molecule has 0 bridgehead atoms. The van der Waals surface area contributed by atoms with Gasteiger partial charge in [0, 0.05) is 16.1 Å². The Morgan fingerprint density at radius 3 is 2.56 bits per heavy atom. The number of rotatable bonds is 6. The van der Waals surface area contributed by atoms with Crippen LogP contribution in [0.5, 0.6) is 5.75 Å². The highest BCUT2D eigenvalue weighted by atomic mass is 32.1. The number of carbonyl (C=O) groups is 3. The van der Waals surface area contributed by atoms with Gasteiger partial charge in [-0.2, -0.15) is 0 Å². The van der Waals surface area contributed by atoms with E-state index in [1.165, 1.54) is 4.90 Å². The molecule has 1 aliphatic heterocycles. The quantitative estimate of drug-likeness (QED) is 0.528. The van der Waals surface area contributed by atoms with Crippen LogP contribution in [0.2, 0.25) is 0 Å². The lowest BCUT2D eigenvalue weighted by Gasteiger charge is -2.29. The molecule has 176 valence electrons. The highest BCUT2D eigenvalue weighted by molar-refractivity contribution is 7.11. The summed E-state index contributed by atoms with van der Waals surface area (Å²) < 4.78 is 10.7. The van der Waals surface area contributed by atoms with Crippen molar-refractivity contribution in [1.82, 2.24) is 4.98 Å². The Kier molecular flexibility index (Phi) is 6.65. The fourth-order valence-electron chi connectivity index (χ4n) is 3.64. The van der Waals surface area contributed by atoms with Gasteiger partial charge in [0.15, 0.2) is 6.61 Å². The number of aromatic nitrogens is 1. The van der Waals surface area contributed by atoms with E-state index in [1.807, 2.05) is 26.0 Å². The number of esters is 1. The van der Waals surface area contributed by atoms with Crippen LogP contribution >= 0.6 is 11.3 Å². The van der Waals surface area contributed by atoms with Gasteiger partial charge in [0.1, 0.15) is 12.3 Å². The predicted molar refractivity (Wildman–Crippen MR) is 130 cm³/mol. The zero-order chi connectivity index (χ0) is 24.4. The number of anilines is 2. The molecule has 0 saturated heterocycles. The second-order valence-electron chi connectivity index (χ2n) is 8.17. The van der Waals surface area contributed by atoms with Crippen LogP contribution in [0, 0.1) is 13.8 Å². The van der Waals surface area contributed by atoms with Crippen molar-refractivity contribution in [1.29, 1.82) is 0 Å². The largest absolute Gasteiger partial charge is 0.482 e. The SMILES string of the molecule is Cc1nc(-c2ccc3c(c2)N(CC(=O)Nc2ccc(C(=O)OC(C)C)cc2)C(=O)CO3)c(C)s1. The summed E-state index contributed by atoms with van der Waals surface area (Å²) in [6.07, 6.45) is -0.218. The van der Waals surface area contributed by atoms with E-state index in [4.69, 9.17) is 9.47 Å². The van der Waals surface area contributed by atoms with Crippen molar-refractivity contribution in [3.63, 3.8) is 0 Å². The van der Waals surface area contributed by atoms with Crippen LogP contribution in [0.25, 0.3) is 11.3 Å². The number of fused-ring (bicyclic) bond motifs is 1. The van der Waals surface area contributed by atoms with Crippen LogP contribution < -0.4 is 15.0 Å². The number of hydrogen-bond donors (Lipinski definition) is 1. The van der Waals surface area contributed by atoms with Crippen molar-refractivity contribution >= 4 is 40.5 Å². The number of aryl methyl sites for hydroxylation is 2. The first-order chi connectivity index (χ1) is 16.2. The Bertz CT molecular complexity index is 1250. The van der Waals surface area contributed by atoms with Gasteiger partial charge in [0.05, 0.1) is 28.1 Å². The summed E-state index contributed by atoms with van der Waals surface area (Å²) in [5.74, 6) is -0.568. The van der Waals surface area contributed by atoms with E-state index in [-0.39, 0.29) is 31.1 Å². The molecule has 4 rings (SSSR count). The lowest BCUT2D eigenvalue weighted by atomic mass is 10.1. The third-order valence-electron chi connectivity index (χ3n) is 5.13. The Balaban J connectivity index is 1.50. The van der Waals surface area contributed by atoms with Gasteiger partial charge < -0.3 is 14.8 Å². The minimum Gasteiger partial charge on any atom is -0.482 e. The number of carbonyl (C=O) groups excluding carboxylic acids is 3. The van der Waals surface area contributed by atoms with Crippen LogP contribution in [-0.2, 0) is 14.3 Å². The first kappa shape index (κ1) is 23.4. The Morgan fingerprint density at radius 1 is 1.18 bits per heavy atom. The Morgan fingerprint density at radius 2 is 1.91 bits per heavy atom. The van der Waals surface area contributed by atoms with E-state index < -0.39 is 5.97 Å². The zero-order valence-electron chi connectivity index (χ0n) is 19.4. The molecule has 0 unspecified atom stereocenters. The molecule has 0 atom stereocenters. The van der Waals surface area contributed by atoms with Crippen molar-refractivity contribution in [2.75, 3.05) is 23.4 Å². The maximum Gasteiger partial charge on any atom is 0.338 e. The third kappa shape index (κ3) is 5.09. The first-order valence-corrected chi connectivity index (χ1v) is 11.7. The average molecular weight is 480 g/mol. The van der Waals surface area contributed by atoms with E-state index in [0.717, 1.165) is 21.1 Å². The van der Waals surface area contributed by atoms with E-state index in [0.29, 0.717) is 22.7 Å². The van der Waals surface area contributed by atoms with Gasteiger partial charge in [-0.3, -0.25) is 14.5 Å². The molecule has 34 heavy (non-hydrogen) atoms. The number of thiazole rings is 1. The number of nitrogens with zero attached hydrogens (tertiary/aromatic N) is 2. The van der Waals surface area contributed by atoms with Crippen LogP contribution in [0.1, 0.15) is 34.1 Å². The molecule has 8 nitrogen and oxygen atoms in total. The van der Waals surface area contributed by atoms with Crippen molar-refractivity contribution in [2.45, 2.75) is 33.8 Å². The topological polar surface area (TPSA) is 97.8 Å². The molecule has 2 amide bonds. The maximum atomic E-state index is 12.8. The molecular formula is C25H25N3O5S. The van der Waals surface area contributed by atoms with Crippen molar-refractivity contribution < 1.29 is 23.9 Å². The lowest BCUT2D eigenvalue weighted by molar-refractivity contribution is -0.123. The molecule has 2 aromatic carbocycles. The predicted octanol–water partition coefficient (Wildman–Crippen LogP) is 4.36. The summed E-state index contributed by atoms with van der Waals surface area (Å²) >= 11 is 1.60. The number of hydrogen-bond acceptors (Lipinski definition) is 7. The first-order valence-electron chi connectivity index (χ1n) is 10.8. The summed E-state index contributed by atoms with van der Waals surface area (Å²) in [5, 5.41) is 3.73. The molecule has 2 heterocycles. The van der Waals surface area contributed by atoms with E-state index in [2.05, 4.69) is 10.3 Å². The van der Waals surface area contributed by atoms with E-state index in [9.17, 15) is 14.4 Å². The van der Waals surface area contributed by atoms with E-state index in [1.54, 1.807) is 55.5 Å². The number of nitrogens with one attached hydrogen (secondary N) is 1. The molecule has 1 N–H and O–H groups in total. The molecule has 3 aromatic rings. The molecule has 0 radical (unpaired) electrons. The van der Waals surface area contributed by atoms with Crippen LogP contribution in [0.3, 0.4) is 0 Å². The molecule has 0 saturated carbocycles. The van der Waals surface area contributed by atoms with E-state index >= 15 is 0 Å². The summed E-state index contributed by atoms with van der Waals surface area (Å²) in [7, 11) is 0. The van der Waals surface area contributed by atoms with Gasteiger partial charge >= 0.3 is 5.97 Å². The molecule has 1 aliphatic rings. The molecule has 9 heteroatoms. The number of amides is 2. The minimum atomic E-state index is -0.426. The third-order valence-corrected chi connectivity index (χ3v) is 6.01. The fourth-order valence-corrected chi connectivity index (χ4v) is 4.48. The minimum absolute atomic E-state index is 0.138. The van der Waals surface area contributed by atoms with Gasteiger partial charge in [-0.1, -0.05) is 0 Å². The highest BCUT2D eigenvalue weighted by Crippen LogP contribution is 2.37. The monoisotopic (exact) mass is 479 g/mol. The zero-order valence-corrected chi connectivity index (χ0v) is 20.2. The maximum absolute atomic E-state index is 12.8. The van der Waals surface area contributed by atoms with Crippen LogP contribution in [0.4, 0.5) is 11.4 Å². The second-order valence-corrected chi connectivity index (χ2v) is 9.58. The van der Waals surface area contributed by atoms with Gasteiger partial charge in [-0.25, -0.2) is 9.78 Å². The fraction of sp³-hybridized carbons (Fsp3) is 0.280. The van der Waals surface area contributed by atoms with Gasteiger partial charge in [-0.05, 0) is 70.2 Å². The summed E-state index contributed by atoms with van der Waals surface area (Å²) in [5.41, 5.74) is 3.14. The lowest BCUT2D eigenvalue weighted by Crippen LogP contribution is -2.43. The summed E-state index contributed by atoms with van der Waals surface area (Å²) in [6.45, 7) is 7.19. The average Bonchev–Trinajstić information content (AvgIpc) is 3.13. The summed E-state index contributed by atoms with van der Waals surface area (Å²) in [4.78, 5) is 44.5. The smallest absolute Gasteiger partial charge is 0.338 e. The number of benzene rings is 2. The highest BCUT2D eigenvalue weighted by Gasteiger charge is 2.28. The van der Waals surface area contributed by atoms with Crippen molar-refractivity contribution in [3.8, 4) is 17.0 Å². The Hall–Kier alpha value is -3.72. The van der Waals surface area contributed by atoms with Crippen molar-refractivity contribution in [3.05, 3.63) is 57.9 Å². The Labute approximate surface area is 201 Å². The number of ether oxygens (including phenoxy) is 2. The van der Waals surface area contributed by atoms with Gasteiger partial charge in [0.25, 0.3) is 5.91 Å². The van der Waals surface area contributed by atoms with Gasteiger partial charge in [0.2, 0.25) is 5.91 Å².